The molecule has 0 aliphatic heterocycles. The molecule has 0 aliphatic rings. The summed E-state index contributed by atoms with van der Waals surface area (Å²) in [5.74, 6) is 1.55. The van der Waals surface area contributed by atoms with Crippen LogP contribution in [0.5, 0.6) is 23.0 Å². The van der Waals surface area contributed by atoms with Crippen molar-refractivity contribution in [3.63, 3.8) is 0 Å². The fourth-order valence-corrected chi connectivity index (χ4v) is 2.38. The lowest BCUT2D eigenvalue weighted by Gasteiger charge is -2.16. The highest BCUT2D eigenvalue weighted by molar-refractivity contribution is 6.07. The third kappa shape index (κ3) is 3.37. The second-order valence-corrected chi connectivity index (χ2v) is 5.02. The molecular weight excluding hydrogens is 310 g/mol. The van der Waals surface area contributed by atoms with E-state index in [0.717, 1.165) is 5.56 Å². The van der Waals surface area contributed by atoms with E-state index in [0.29, 0.717) is 34.2 Å². The van der Waals surface area contributed by atoms with Gasteiger partial charge in [0.15, 0.2) is 11.5 Å². The molecule has 6 nitrogen and oxygen atoms in total. The molecule has 128 valence electrons. The minimum atomic E-state index is -0.321. The molecule has 0 saturated heterocycles. The number of rotatable bonds is 6. The molecule has 1 amide bonds. The van der Waals surface area contributed by atoms with Gasteiger partial charge in [-0.15, -0.1) is 0 Å². The lowest BCUT2D eigenvalue weighted by atomic mass is 10.1. The number of amides is 1. The van der Waals surface area contributed by atoms with Crippen LogP contribution in [0.2, 0.25) is 0 Å². The van der Waals surface area contributed by atoms with E-state index < -0.39 is 0 Å². The van der Waals surface area contributed by atoms with E-state index in [1.54, 1.807) is 25.3 Å². The molecule has 0 fully saturated rings. The van der Waals surface area contributed by atoms with Crippen molar-refractivity contribution in [1.29, 1.82) is 0 Å². The summed E-state index contributed by atoms with van der Waals surface area (Å²) < 4.78 is 21.1. The molecule has 0 bridgehead atoms. The van der Waals surface area contributed by atoms with Gasteiger partial charge >= 0.3 is 0 Å². The summed E-state index contributed by atoms with van der Waals surface area (Å²) in [6.45, 7) is 1.93. The molecule has 0 heterocycles. The molecular formula is C18H21NO5. The first-order valence-corrected chi connectivity index (χ1v) is 7.30. The predicted octanol–water partition coefficient (Wildman–Crippen LogP) is 3.28. The van der Waals surface area contributed by atoms with E-state index >= 15 is 0 Å². The average molecular weight is 331 g/mol. The van der Waals surface area contributed by atoms with Crippen LogP contribution in [0, 0.1) is 6.92 Å². The van der Waals surface area contributed by atoms with Crippen LogP contribution in [-0.4, -0.2) is 34.3 Å². The van der Waals surface area contributed by atoms with Crippen molar-refractivity contribution in [3.8, 4) is 23.0 Å². The lowest BCUT2D eigenvalue weighted by Crippen LogP contribution is -2.14. The van der Waals surface area contributed by atoms with Crippen LogP contribution in [0.15, 0.2) is 30.3 Å². The van der Waals surface area contributed by atoms with Crippen LogP contribution in [0.25, 0.3) is 0 Å². The zero-order valence-electron chi connectivity index (χ0n) is 14.4. The van der Waals surface area contributed by atoms with Gasteiger partial charge in [-0.25, -0.2) is 0 Å². The third-order valence-corrected chi connectivity index (χ3v) is 3.61. The number of carbonyl (C=O) groups is 1. The quantitative estimate of drug-likeness (QED) is 0.880. The first-order chi connectivity index (χ1) is 11.5. The highest BCUT2D eigenvalue weighted by Gasteiger charge is 2.20. The van der Waals surface area contributed by atoms with Crippen molar-refractivity contribution in [2.75, 3.05) is 33.8 Å². The zero-order valence-corrected chi connectivity index (χ0v) is 14.4. The number of anilines is 1. The Labute approximate surface area is 141 Å². The standard InChI is InChI=1S/C18H21NO5/c1-11-6-7-12(10-15(11)22-3)19-18(20)13-8-9-14(21-2)17(24-5)16(13)23-4/h6-10H,1-5H3,(H,19,20). The fraction of sp³-hybridized carbons (Fsp3) is 0.278. The summed E-state index contributed by atoms with van der Waals surface area (Å²) in [6, 6.07) is 8.73. The van der Waals surface area contributed by atoms with Crippen LogP contribution in [0.3, 0.4) is 0 Å². The molecule has 0 radical (unpaired) electrons. The molecule has 0 saturated carbocycles. The number of hydrogen-bond acceptors (Lipinski definition) is 5. The second kappa shape index (κ2) is 7.59. The summed E-state index contributed by atoms with van der Waals surface area (Å²) in [4.78, 5) is 12.6. The van der Waals surface area contributed by atoms with Gasteiger partial charge in [0.2, 0.25) is 5.75 Å². The molecule has 0 aliphatic carbocycles. The van der Waals surface area contributed by atoms with Crippen molar-refractivity contribution in [1.82, 2.24) is 0 Å². The summed E-state index contributed by atoms with van der Waals surface area (Å²) >= 11 is 0. The Morgan fingerprint density at radius 3 is 2.08 bits per heavy atom. The smallest absolute Gasteiger partial charge is 0.259 e. The van der Waals surface area contributed by atoms with Gasteiger partial charge in [-0.1, -0.05) is 6.07 Å². The van der Waals surface area contributed by atoms with Crippen LogP contribution in [-0.2, 0) is 0 Å². The molecule has 1 N–H and O–H groups in total. The lowest BCUT2D eigenvalue weighted by molar-refractivity contribution is 0.102. The minimum Gasteiger partial charge on any atom is -0.496 e. The van der Waals surface area contributed by atoms with Crippen LogP contribution >= 0.6 is 0 Å². The minimum absolute atomic E-state index is 0.313. The number of ether oxygens (including phenoxy) is 4. The van der Waals surface area contributed by atoms with Crippen molar-refractivity contribution in [2.24, 2.45) is 0 Å². The normalized spacial score (nSPS) is 10.0. The summed E-state index contributed by atoms with van der Waals surface area (Å²) in [5, 5.41) is 2.83. The van der Waals surface area contributed by atoms with Crippen LogP contribution < -0.4 is 24.3 Å². The first-order valence-electron chi connectivity index (χ1n) is 7.30. The maximum atomic E-state index is 12.6. The van der Waals surface area contributed by atoms with E-state index in [2.05, 4.69) is 5.32 Å². The van der Waals surface area contributed by atoms with Gasteiger partial charge in [0.05, 0.1) is 34.0 Å². The molecule has 2 aromatic carbocycles. The second-order valence-electron chi connectivity index (χ2n) is 5.02. The number of nitrogens with one attached hydrogen (secondary N) is 1. The molecule has 24 heavy (non-hydrogen) atoms. The number of methoxy groups -OCH3 is 4. The van der Waals surface area contributed by atoms with Gasteiger partial charge in [0.25, 0.3) is 5.91 Å². The summed E-state index contributed by atoms with van der Waals surface area (Å²) in [6.07, 6.45) is 0. The third-order valence-electron chi connectivity index (χ3n) is 3.61. The topological polar surface area (TPSA) is 66.0 Å². The molecule has 0 aromatic heterocycles. The Morgan fingerprint density at radius 2 is 1.50 bits per heavy atom. The maximum Gasteiger partial charge on any atom is 0.259 e. The molecule has 2 rings (SSSR count). The largest absolute Gasteiger partial charge is 0.496 e. The molecule has 6 heteroatoms. The summed E-state index contributed by atoms with van der Waals surface area (Å²) in [7, 11) is 6.08. The van der Waals surface area contributed by atoms with Gasteiger partial charge in [-0.3, -0.25) is 4.79 Å². The Balaban J connectivity index is 2.36. The number of hydrogen-bond donors (Lipinski definition) is 1. The monoisotopic (exact) mass is 331 g/mol. The van der Waals surface area contributed by atoms with Crippen molar-refractivity contribution < 1.29 is 23.7 Å². The molecule has 2 aromatic rings. The SMILES string of the molecule is COc1cc(NC(=O)c2ccc(OC)c(OC)c2OC)ccc1C. The van der Waals surface area contributed by atoms with Crippen LogP contribution in [0.4, 0.5) is 5.69 Å². The van der Waals surface area contributed by atoms with E-state index in [-0.39, 0.29) is 5.91 Å². The van der Waals surface area contributed by atoms with Crippen molar-refractivity contribution >= 4 is 11.6 Å². The number of benzene rings is 2. The average Bonchev–Trinajstić information content (AvgIpc) is 2.61. The maximum absolute atomic E-state index is 12.6. The van der Waals surface area contributed by atoms with Gasteiger partial charge < -0.3 is 24.3 Å². The molecule has 0 unspecified atom stereocenters. The van der Waals surface area contributed by atoms with E-state index in [4.69, 9.17) is 18.9 Å². The zero-order chi connectivity index (χ0) is 17.7. The van der Waals surface area contributed by atoms with Gasteiger partial charge in [-0.05, 0) is 30.7 Å². The fourth-order valence-electron chi connectivity index (χ4n) is 2.38. The van der Waals surface area contributed by atoms with E-state index in [1.807, 2.05) is 19.1 Å². The van der Waals surface area contributed by atoms with Crippen molar-refractivity contribution in [2.45, 2.75) is 6.92 Å². The van der Waals surface area contributed by atoms with Gasteiger partial charge in [0.1, 0.15) is 5.75 Å². The van der Waals surface area contributed by atoms with Gasteiger partial charge in [0, 0.05) is 11.8 Å². The highest BCUT2D eigenvalue weighted by Crippen LogP contribution is 2.40. The van der Waals surface area contributed by atoms with Crippen LogP contribution in [0.1, 0.15) is 15.9 Å². The summed E-state index contributed by atoms with van der Waals surface area (Å²) in [5.41, 5.74) is 1.95. The van der Waals surface area contributed by atoms with E-state index in [9.17, 15) is 4.79 Å². The highest BCUT2D eigenvalue weighted by atomic mass is 16.5. The Kier molecular flexibility index (Phi) is 5.52. The van der Waals surface area contributed by atoms with Gasteiger partial charge in [-0.2, -0.15) is 0 Å². The Hall–Kier alpha value is -2.89. The first kappa shape index (κ1) is 17.5. The number of aryl methyl sites for hydroxylation is 1. The van der Waals surface area contributed by atoms with Crippen molar-refractivity contribution in [3.05, 3.63) is 41.5 Å². The molecule has 0 atom stereocenters. The Morgan fingerprint density at radius 1 is 0.833 bits per heavy atom. The Bertz CT molecular complexity index is 742. The predicted molar refractivity (Wildman–Crippen MR) is 91.8 cm³/mol. The molecule has 0 spiro atoms. The van der Waals surface area contributed by atoms with E-state index in [1.165, 1.54) is 21.3 Å². The number of carbonyl (C=O) groups excluding carboxylic acids is 1.